The second kappa shape index (κ2) is 8.50. The first-order chi connectivity index (χ1) is 15.6. The quantitative estimate of drug-likeness (QED) is 0.404. The van der Waals surface area contributed by atoms with Gasteiger partial charge in [-0.2, -0.15) is 0 Å². The van der Waals surface area contributed by atoms with Crippen LogP contribution in [0, 0.1) is 11.8 Å². The number of carbonyl (C=O) groups excluding carboxylic acids is 2. The molecule has 7 heteroatoms. The fourth-order valence-corrected chi connectivity index (χ4v) is 5.30. The van der Waals surface area contributed by atoms with Gasteiger partial charge >= 0.3 is 0 Å². The maximum atomic E-state index is 13.2. The monoisotopic (exact) mass is 455 g/mol. The molecule has 0 aliphatic carbocycles. The summed E-state index contributed by atoms with van der Waals surface area (Å²) in [4.78, 5) is 33.8. The molecule has 0 atom stereocenters. The Hall–Kier alpha value is -3.60. The zero-order chi connectivity index (χ0) is 22.1. The lowest BCUT2D eigenvalue weighted by molar-refractivity contribution is 0.0985. The van der Waals surface area contributed by atoms with Crippen LogP contribution in [0.3, 0.4) is 0 Å². The van der Waals surface area contributed by atoms with Crippen molar-refractivity contribution in [3.8, 4) is 11.8 Å². The number of carbonyl (C=O) groups is 2. The Morgan fingerprint density at radius 1 is 1.09 bits per heavy atom. The van der Waals surface area contributed by atoms with Crippen LogP contribution in [-0.2, 0) is 0 Å². The van der Waals surface area contributed by atoms with Crippen LogP contribution in [0.15, 0.2) is 76.0 Å². The summed E-state index contributed by atoms with van der Waals surface area (Å²) in [5, 5.41) is 2.97. The van der Waals surface area contributed by atoms with E-state index in [1.54, 1.807) is 40.8 Å². The van der Waals surface area contributed by atoms with Gasteiger partial charge < -0.3 is 5.32 Å². The molecule has 32 heavy (non-hydrogen) atoms. The summed E-state index contributed by atoms with van der Waals surface area (Å²) in [6.07, 6.45) is 0. The van der Waals surface area contributed by atoms with E-state index in [1.165, 1.54) is 11.8 Å². The topological polar surface area (TPSA) is 62.3 Å². The number of benzene rings is 3. The van der Waals surface area contributed by atoms with E-state index >= 15 is 0 Å². The van der Waals surface area contributed by atoms with Crippen LogP contribution in [-0.4, -0.2) is 23.3 Å². The summed E-state index contributed by atoms with van der Waals surface area (Å²) < 4.78 is 1.04. The average Bonchev–Trinajstić information content (AvgIpc) is 3.24. The Morgan fingerprint density at radius 3 is 2.84 bits per heavy atom. The van der Waals surface area contributed by atoms with Crippen LogP contribution in [0.1, 0.15) is 27.6 Å². The number of hydrogen-bond donors (Lipinski definition) is 1. The lowest BCUT2D eigenvalue weighted by atomic mass is 10.1. The second-order valence-corrected chi connectivity index (χ2v) is 9.06. The highest BCUT2D eigenvalue weighted by molar-refractivity contribution is 7.99. The maximum Gasteiger partial charge on any atom is 0.260 e. The standard InChI is InChI=1S/C25H17N3O2S2/c1-2-3-12-28-20-10-9-17(14-23(20)32-21-7-5-4-6-18(21)25(28)30)27-24(29)16-8-11-22-19(13-16)26-15-31-22/h4-11,13-15H,12H2,1H3,(H,27,29). The van der Waals surface area contributed by atoms with Crippen LogP contribution in [0.2, 0.25) is 0 Å². The molecule has 0 bridgehead atoms. The highest BCUT2D eigenvalue weighted by Gasteiger charge is 2.27. The first-order valence-electron chi connectivity index (χ1n) is 9.91. The van der Waals surface area contributed by atoms with Crippen molar-refractivity contribution < 1.29 is 9.59 Å². The Bertz CT molecular complexity index is 1430. The van der Waals surface area contributed by atoms with Gasteiger partial charge in [0, 0.05) is 21.0 Å². The van der Waals surface area contributed by atoms with Crippen molar-refractivity contribution in [3.05, 3.63) is 77.3 Å². The molecule has 2 heterocycles. The van der Waals surface area contributed by atoms with Crippen LogP contribution < -0.4 is 10.2 Å². The molecule has 1 aliphatic heterocycles. The predicted octanol–water partition coefficient (Wildman–Crippen LogP) is 5.68. The van der Waals surface area contributed by atoms with Gasteiger partial charge in [-0.15, -0.1) is 17.3 Å². The molecule has 1 aromatic heterocycles. The summed E-state index contributed by atoms with van der Waals surface area (Å²) in [5.41, 5.74) is 5.21. The molecule has 1 aliphatic rings. The van der Waals surface area contributed by atoms with Gasteiger partial charge in [0.25, 0.3) is 11.8 Å². The average molecular weight is 456 g/mol. The van der Waals surface area contributed by atoms with Crippen molar-refractivity contribution in [2.45, 2.75) is 16.7 Å². The number of hydrogen-bond acceptors (Lipinski definition) is 5. The van der Waals surface area contributed by atoms with Crippen LogP contribution in [0.4, 0.5) is 11.4 Å². The number of rotatable bonds is 3. The van der Waals surface area contributed by atoms with Gasteiger partial charge in [-0.1, -0.05) is 29.8 Å². The van der Waals surface area contributed by atoms with E-state index in [-0.39, 0.29) is 11.8 Å². The van der Waals surface area contributed by atoms with Crippen molar-refractivity contribution >= 4 is 56.5 Å². The minimum atomic E-state index is -0.205. The van der Waals surface area contributed by atoms with Crippen LogP contribution in [0.25, 0.3) is 10.2 Å². The summed E-state index contributed by atoms with van der Waals surface area (Å²) in [5.74, 6) is 5.58. The van der Waals surface area contributed by atoms with E-state index in [4.69, 9.17) is 0 Å². The highest BCUT2D eigenvalue weighted by atomic mass is 32.2. The third-order valence-electron chi connectivity index (χ3n) is 5.10. The SMILES string of the molecule is CC#CCN1C(=O)c2ccccc2Sc2cc(NC(=O)c3ccc4scnc4c3)ccc21. The molecule has 0 unspecified atom stereocenters. The zero-order valence-corrected chi connectivity index (χ0v) is 18.7. The number of thiazole rings is 1. The van der Waals surface area contributed by atoms with E-state index in [9.17, 15) is 9.59 Å². The molecule has 0 saturated heterocycles. The number of fused-ring (bicyclic) bond motifs is 3. The molecule has 0 spiro atoms. The predicted molar refractivity (Wildman–Crippen MR) is 130 cm³/mol. The molecule has 1 N–H and O–H groups in total. The lowest BCUT2D eigenvalue weighted by Crippen LogP contribution is -2.31. The van der Waals surface area contributed by atoms with E-state index in [1.807, 2.05) is 48.5 Å². The third kappa shape index (κ3) is 3.75. The molecule has 0 radical (unpaired) electrons. The van der Waals surface area contributed by atoms with E-state index in [0.29, 0.717) is 23.4 Å². The number of nitrogens with zero attached hydrogens (tertiary/aromatic N) is 2. The minimum Gasteiger partial charge on any atom is -0.322 e. The molecule has 4 aromatic rings. The Labute approximate surface area is 193 Å². The Balaban J connectivity index is 1.49. The zero-order valence-electron chi connectivity index (χ0n) is 17.1. The molecule has 156 valence electrons. The van der Waals surface area contributed by atoms with Crippen molar-refractivity contribution in [2.75, 3.05) is 16.8 Å². The van der Waals surface area contributed by atoms with Gasteiger partial charge in [-0.05, 0) is 55.5 Å². The maximum absolute atomic E-state index is 13.2. The van der Waals surface area contributed by atoms with Crippen molar-refractivity contribution in [1.82, 2.24) is 4.98 Å². The molecule has 0 saturated carbocycles. The van der Waals surface area contributed by atoms with Gasteiger partial charge in [0.2, 0.25) is 0 Å². The highest BCUT2D eigenvalue weighted by Crippen LogP contribution is 2.42. The smallest absolute Gasteiger partial charge is 0.260 e. The Kier molecular flexibility index (Phi) is 5.39. The van der Waals surface area contributed by atoms with Crippen molar-refractivity contribution in [1.29, 1.82) is 0 Å². The normalized spacial score (nSPS) is 12.4. The Morgan fingerprint density at radius 2 is 1.97 bits per heavy atom. The van der Waals surface area contributed by atoms with Gasteiger partial charge in [-0.25, -0.2) is 4.98 Å². The van der Waals surface area contributed by atoms with E-state index in [2.05, 4.69) is 22.1 Å². The molecule has 5 nitrogen and oxygen atoms in total. The molecule has 5 rings (SSSR count). The van der Waals surface area contributed by atoms with Gasteiger partial charge in [0.05, 0.1) is 33.5 Å². The molecular weight excluding hydrogens is 438 g/mol. The minimum absolute atomic E-state index is 0.0806. The van der Waals surface area contributed by atoms with Gasteiger partial charge in [0.1, 0.15) is 0 Å². The molecule has 2 amide bonds. The van der Waals surface area contributed by atoms with Crippen molar-refractivity contribution in [3.63, 3.8) is 0 Å². The number of nitrogens with one attached hydrogen (secondary N) is 1. The summed E-state index contributed by atoms with van der Waals surface area (Å²) >= 11 is 3.06. The van der Waals surface area contributed by atoms with Gasteiger partial charge in [-0.3, -0.25) is 14.5 Å². The lowest BCUT2D eigenvalue weighted by Gasteiger charge is -2.21. The molecule has 0 fully saturated rings. The second-order valence-electron chi connectivity index (χ2n) is 7.09. The third-order valence-corrected chi connectivity index (χ3v) is 7.03. The first-order valence-corrected chi connectivity index (χ1v) is 11.6. The first kappa shape index (κ1) is 20.3. The summed E-state index contributed by atoms with van der Waals surface area (Å²) in [6, 6.07) is 18.6. The fourth-order valence-electron chi connectivity index (χ4n) is 3.52. The molecule has 3 aromatic carbocycles. The van der Waals surface area contributed by atoms with E-state index in [0.717, 1.165) is 25.7 Å². The number of amides is 2. The van der Waals surface area contributed by atoms with Gasteiger partial charge in [0.15, 0.2) is 0 Å². The van der Waals surface area contributed by atoms with Crippen LogP contribution in [0.5, 0.6) is 0 Å². The van der Waals surface area contributed by atoms with Crippen LogP contribution >= 0.6 is 23.1 Å². The fraction of sp³-hybridized carbons (Fsp3) is 0.0800. The summed E-state index contributed by atoms with van der Waals surface area (Å²) in [7, 11) is 0. The number of aromatic nitrogens is 1. The number of anilines is 2. The largest absolute Gasteiger partial charge is 0.322 e. The van der Waals surface area contributed by atoms with Crippen molar-refractivity contribution in [2.24, 2.45) is 0 Å². The summed E-state index contributed by atoms with van der Waals surface area (Å²) in [6.45, 7) is 2.06. The molecular formula is C25H17N3O2S2. The van der Waals surface area contributed by atoms with E-state index < -0.39 is 0 Å².